The number of hydrogen-bond donors (Lipinski definition) is 0. The number of rotatable bonds is 5. The van der Waals surface area contributed by atoms with E-state index in [2.05, 4.69) is 24.4 Å². The number of aromatic nitrogens is 4. The molecular formula is C13H19N5. The lowest BCUT2D eigenvalue weighted by Crippen LogP contribution is -2.22. The fraction of sp³-hybridized carbons (Fsp3) is 0.462. The number of aryl methyl sites for hydroxylation is 3. The van der Waals surface area contributed by atoms with E-state index < -0.39 is 0 Å². The number of imidazole rings is 1. The average Bonchev–Trinajstić information content (AvgIpc) is 2.80. The lowest BCUT2D eigenvalue weighted by atomic mass is 10.3. The standard InChI is InChI=1S/C13H19N5/c1-11-9-12(2)16-13(15-11)17(3)6-4-7-18-8-5-14-10-18/h5,8-10H,4,6-7H2,1-3H3. The minimum atomic E-state index is 0.804. The highest BCUT2D eigenvalue weighted by molar-refractivity contribution is 5.30. The largest absolute Gasteiger partial charge is 0.344 e. The molecule has 0 radical (unpaired) electrons. The van der Waals surface area contributed by atoms with Crippen molar-refractivity contribution in [3.63, 3.8) is 0 Å². The van der Waals surface area contributed by atoms with E-state index in [1.807, 2.05) is 39.5 Å². The highest BCUT2D eigenvalue weighted by atomic mass is 15.2. The van der Waals surface area contributed by atoms with Gasteiger partial charge in [-0.25, -0.2) is 15.0 Å². The van der Waals surface area contributed by atoms with Gasteiger partial charge in [-0.2, -0.15) is 0 Å². The summed E-state index contributed by atoms with van der Waals surface area (Å²) in [5.74, 6) is 0.804. The zero-order valence-corrected chi connectivity index (χ0v) is 11.2. The summed E-state index contributed by atoms with van der Waals surface area (Å²) in [6, 6.07) is 1.99. The van der Waals surface area contributed by atoms with E-state index in [9.17, 15) is 0 Å². The molecular weight excluding hydrogens is 226 g/mol. The van der Waals surface area contributed by atoms with Crippen molar-refractivity contribution < 1.29 is 0 Å². The van der Waals surface area contributed by atoms with Crippen LogP contribution in [-0.4, -0.2) is 33.1 Å². The Balaban J connectivity index is 1.89. The molecule has 0 fully saturated rings. The van der Waals surface area contributed by atoms with Crippen molar-refractivity contribution in [2.24, 2.45) is 0 Å². The van der Waals surface area contributed by atoms with E-state index in [1.165, 1.54) is 0 Å². The molecule has 0 amide bonds. The predicted molar refractivity (Wildman–Crippen MR) is 71.6 cm³/mol. The summed E-state index contributed by atoms with van der Waals surface area (Å²) in [6.45, 7) is 5.89. The van der Waals surface area contributed by atoms with Gasteiger partial charge in [0.05, 0.1) is 6.33 Å². The average molecular weight is 245 g/mol. The van der Waals surface area contributed by atoms with Crippen LogP contribution >= 0.6 is 0 Å². The van der Waals surface area contributed by atoms with Crippen molar-refractivity contribution in [3.05, 3.63) is 36.2 Å². The molecule has 0 saturated heterocycles. The van der Waals surface area contributed by atoms with Gasteiger partial charge in [0, 0.05) is 43.9 Å². The number of anilines is 1. The minimum Gasteiger partial charge on any atom is -0.344 e. The van der Waals surface area contributed by atoms with Crippen LogP contribution in [0.1, 0.15) is 17.8 Å². The molecule has 2 rings (SSSR count). The van der Waals surface area contributed by atoms with Gasteiger partial charge in [-0.1, -0.05) is 0 Å². The Labute approximate surface area is 108 Å². The summed E-state index contributed by atoms with van der Waals surface area (Å²) < 4.78 is 2.08. The second-order valence-corrected chi connectivity index (χ2v) is 4.53. The molecule has 0 spiro atoms. The molecule has 0 bridgehead atoms. The lowest BCUT2D eigenvalue weighted by Gasteiger charge is -2.17. The second-order valence-electron chi connectivity index (χ2n) is 4.53. The van der Waals surface area contributed by atoms with E-state index in [-0.39, 0.29) is 0 Å². The van der Waals surface area contributed by atoms with Gasteiger partial charge in [0.25, 0.3) is 0 Å². The molecule has 0 unspecified atom stereocenters. The lowest BCUT2D eigenvalue weighted by molar-refractivity contribution is 0.632. The smallest absolute Gasteiger partial charge is 0.225 e. The van der Waals surface area contributed by atoms with Gasteiger partial charge in [-0.15, -0.1) is 0 Å². The van der Waals surface area contributed by atoms with Crippen LogP contribution in [0.4, 0.5) is 5.95 Å². The summed E-state index contributed by atoms with van der Waals surface area (Å²) in [5.41, 5.74) is 2.03. The molecule has 0 aliphatic heterocycles. The van der Waals surface area contributed by atoms with Gasteiger partial charge in [-0.05, 0) is 26.3 Å². The quantitative estimate of drug-likeness (QED) is 0.806. The first-order valence-corrected chi connectivity index (χ1v) is 6.14. The molecule has 0 aliphatic carbocycles. The molecule has 0 N–H and O–H groups in total. The summed E-state index contributed by atoms with van der Waals surface area (Å²) in [7, 11) is 2.03. The summed E-state index contributed by atoms with van der Waals surface area (Å²) in [5, 5.41) is 0. The van der Waals surface area contributed by atoms with Crippen LogP contribution in [0.15, 0.2) is 24.8 Å². The molecule has 0 aromatic carbocycles. The maximum atomic E-state index is 4.45. The van der Waals surface area contributed by atoms with Gasteiger partial charge in [-0.3, -0.25) is 0 Å². The maximum absolute atomic E-state index is 4.45. The first-order valence-electron chi connectivity index (χ1n) is 6.14. The zero-order valence-electron chi connectivity index (χ0n) is 11.2. The SMILES string of the molecule is Cc1cc(C)nc(N(C)CCCn2ccnc2)n1. The molecule has 0 saturated carbocycles. The van der Waals surface area contributed by atoms with Crippen LogP contribution in [0, 0.1) is 13.8 Å². The highest BCUT2D eigenvalue weighted by Gasteiger charge is 2.05. The Hall–Kier alpha value is -1.91. The number of hydrogen-bond acceptors (Lipinski definition) is 4. The molecule has 18 heavy (non-hydrogen) atoms. The molecule has 5 heteroatoms. The van der Waals surface area contributed by atoms with Crippen LogP contribution in [0.3, 0.4) is 0 Å². The normalized spacial score (nSPS) is 10.6. The van der Waals surface area contributed by atoms with Gasteiger partial charge >= 0.3 is 0 Å². The van der Waals surface area contributed by atoms with Gasteiger partial charge in [0.1, 0.15) is 0 Å². The fourth-order valence-electron chi connectivity index (χ4n) is 1.89. The van der Waals surface area contributed by atoms with Crippen molar-refractivity contribution >= 4 is 5.95 Å². The second kappa shape index (κ2) is 5.62. The highest BCUT2D eigenvalue weighted by Crippen LogP contribution is 2.08. The first-order chi connectivity index (χ1) is 8.65. The molecule has 5 nitrogen and oxygen atoms in total. The Morgan fingerprint density at radius 3 is 2.56 bits per heavy atom. The summed E-state index contributed by atoms with van der Waals surface area (Å²) in [4.78, 5) is 15.0. The first kappa shape index (κ1) is 12.5. The van der Waals surface area contributed by atoms with Crippen LogP contribution in [0.5, 0.6) is 0 Å². The van der Waals surface area contributed by atoms with Crippen molar-refractivity contribution in [2.45, 2.75) is 26.8 Å². The van der Waals surface area contributed by atoms with Crippen molar-refractivity contribution in [3.8, 4) is 0 Å². The van der Waals surface area contributed by atoms with Gasteiger partial charge in [0.2, 0.25) is 5.95 Å². The predicted octanol–water partition coefficient (Wildman–Crippen LogP) is 1.82. The van der Waals surface area contributed by atoms with E-state index >= 15 is 0 Å². The molecule has 2 aromatic heterocycles. The third-order valence-corrected chi connectivity index (χ3v) is 2.78. The van der Waals surface area contributed by atoms with Crippen LogP contribution < -0.4 is 4.90 Å². The van der Waals surface area contributed by atoms with Crippen LogP contribution in [0.2, 0.25) is 0 Å². The zero-order chi connectivity index (χ0) is 13.0. The van der Waals surface area contributed by atoms with Crippen LogP contribution in [0.25, 0.3) is 0 Å². The molecule has 2 aromatic rings. The van der Waals surface area contributed by atoms with Crippen LogP contribution in [-0.2, 0) is 6.54 Å². The van der Waals surface area contributed by atoms with Crippen molar-refractivity contribution in [1.82, 2.24) is 19.5 Å². The molecule has 0 atom stereocenters. The summed E-state index contributed by atoms with van der Waals surface area (Å²) in [6.07, 6.45) is 6.67. The number of nitrogens with zero attached hydrogens (tertiary/aromatic N) is 5. The Kier molecular flexibility index (Phi) is 3.92. The topological polar surface area (TPSA) is 46.8 Å². The van der Waals surface area contributed by atoms with E-state index in [0.29, 0.717) is 0 Å². The Morgan fingerprint density at radius 1 is 1.22 bits per heavy atom. The van der Waals surface area contributed by atoms with Crippen molar-refractivity contribution in [2.75, 3.05) is 18.5 Å². The minimum absolute atomic E-state index is 0.804. The third-order valence-electron chi connectivity index (χ3n) is 2.78. The summed E-state index contributed by atoms with van der Waals surface area (Å²) >= 11 is 0. The third kappa shape index (κ3) is 3.29. The molecule has 0 aliphatic rings. The molecule has 2 heterocycles. The van der Waals surface area contributed by atoms with E-state index in [0.717, 1.165) is 36.8 Å². The van der Waals surface area contributed by atoms with E-state index in [1.54, 1.807) is 6.20 Å². The Morgan fingerprint density at radius 2 is 1.94 bits per heavy atom. The maximum Gasteiger partial charge on any atom is 0.225 e. The van der Waals surface area contributed by atoms with Crippen molar-refractivity contribution in [1.29, 1.82) is 0 Å². The van der Waals surface area contributed by atoms with Gasteiger partial charge < -0.3 is 9.47 Å². The Bertz CT molecular complexity index is 472. The fourth-order valence-corrected chi connectivity index (χ4v) is 1.89. The monoisotopic (exact) mass is 245 g/mol. The van der Waals surface area contributed by atoms with Gasteiger partial charge in [0.15, 0.2) is 0 Å². The van der Waals surface area contributed by atoms with E-state index in [4.69, 9.17) is 0 Å². The molecule has 96 valence electrons.